The SMILES string of the molecule is CCOC(=O)CCC1CCC(N2CCN(c3ccc4c(c3)CCNCC4)C2=O)CC1. The molecule has 0 aromatic heterocycles. The third-order valence-electron chi connectivity index (χ3n) is 7.00. The van der Waals surface area contributed by atoms with E-state index in [0.717, 1.165) is 76.8 Å². The second-order valence-electron chi connectivity index (χ2n) is 8.85. The number of rotatable bonds is 6. The van der Waals surface area contributed by atoms with Crippen molar-refractivity contribution in [3.05, 3.63) is 29.3 Å². The van der Waals surface area contributed by atoms with E-state index in [-0.39, 0.29) is 12.0 Å². The van der Waals surface area contributed by atoms with E-state index in [0.29, 0.717) is 25.0 Å². The van der Waals surface area contributed by atoms with Gasteiger partial charge in [0.25, 0.3) is 0 Å². The molecule has 0 bridgehead atoms. The van der Waals surface area contributed by atoms with Crippen LogP contribution in [0.25, 0.3) is 0 Å². The summed E-state index contributed by atoms with van der Waals surface area (Å²) in [4.78, 5) is 28.8. The van der Waals surface area contributed by atoms with Crippen molar-refractivity contribution in [2.45, 2.75) is 64.3 Å². The molecule has 6 nitrogen and oxygen atoms in total. The van der Waals surface area contributed by atoms with Crippen LogP contribution >= 0.6 is 0 Å². The average molecular weight is 414 g/mol. The van der Waals surface area contributed by atoms with Gasteiger partial charge in [0.2, 0.25) is 0 Å². The number of benzene rings is 1. The van der Waals surface area contributed by atoms with Crippen molar-refractivity contribution in [1.29, 1.82) is 0 Å². The number of urea groups is 1. The maximum Gasteiger partial charge on any atom is 0.324 e. The molecule has 0 unspecified atom stereocenters. The molecule has 2 heterocycles. The van der Waals surface area contributed by atoms with Crippen molar-refractivity contribution < 1.29 is 14.3 Å². The summed E-state index contributed by atoms with van der Waals surface area (Å²) in [5.41, 5.74) is 3.84. The molecule has 1 aliphatic carbocycles. The highest BCUT2D eigenvalue weighted by atomic mass is 16.5. The fraction of sp³-hybridized carbons (Fsp3) is 0.667. The van der Waals surface area contributed by atoms with Gasteiger partial charge in [-0.2, -0.15) is 0 Å². The van der Waals surface area contributed by atoms with Crippen molar-refractivity contribution in [3.63, 3.8) is 0 Å². The van der Waals surface area contributed by atoms with Gasteiger partial charge in [0.1, 0.15) is 0 Å². The van der Waals surface area contributed by atoms with Crippen LogP contribution in [0.2, 0.25) is 0 Å². The predicted octanol–water partition coefficient (Wildman–Crippen LogP) is 3.52. The van der Waals surface area contributed by atoms with E-state index >= 15 is 0 Å². The summed E-state index contributed by atoms with van der Waals surface area (Å²) in [6.07, 6.45) is 7.81. The van der Waals surface area contributed by atoms with E-state index in [1.807, 2.05) is 11.8 Å². The average Bonchev–Trinajstić information content (AvgIpc) is 2.99. The second kappa shape index (κ2) is 9.82. The van der Waals surface area contributed by atoms with Crippen LogP contribution in [-0.4, -0.2) is 55.7 Å². The van der Waals surface area contributed by atoms with Crippen LogP contribution in [0.5, 0.6) is 0 Å². The third-order valence-corrected chi connectivity index (χ3v) is 7.00. The smallest absolute Gasteiger partial charge is 0.324 e. The number of esters is 1. The third kappa shape index (κ3) is 4.80. The number of carbonyl (C=O) groups is 2. The normalized spacial score (nSPS) is 24.5. The van der Waals surface area contributed by atoms with Gasteiger partial charge in [-0.3, -0.25) is 9.69 Å². The number of carbonyl (C=O) groups excluding carboxylic acids is 2. The van der Waals surface area contributed by atoms with E-state index in [1.165, 1.54) is 11.1 Å². The Balaban J connectivity index is 1.31. The first kappa shape index (κ1) is 21.2. The molecular formula is C24H35N3O3. The van der Waals surface area contributed by atoms with Gasteiger partial charge in [-0.15, -0.1) is 0 Å². The summed E-state index contributed by atoms with van der Waals surface area (Å²) in [7, 11) is 0. The topological polar surface area (TPSA) is 61.9 Å². The Morgan fingerprint density at radius 2 is 1.87 bits per heavy atom. The van der Waals surface area contributed by atoms with Crippen LogP contribution in [0.3, 0.4) is 0 Å². The minimum atomic E-state index is -0.0819. The summed E-state index contributed by atoms with van der Waals surface area (Å²) in [6.45, 7) is 5.94. The lowest BCUT2D eigenvalue weighted by molar-refractivity contribution is -0.143. The summed E-state index contributed by atoms with van der Waals surface area (Å²) < 4.78 is 5.04. The predicted molar refractivity (Wildman–Crippen MR) is 118 cm³/mol. The van der Waals surface area contributed by atoms with Crippen molar-refractivity contribution in [1.82, 2.24) is 10.2 Å². The first-order valence-electron chi connectivity index (χ1n) is 11.7. The largest absolute Gasteiger partial charge is 0.466 e. The van der Waals surface area contributed by atoms with Gasteiger partial charge in [0.15, 0.2) is 0 Å². The molecule has 0 spiro atoms. The lowest BCUT2D eigenvalue weighted by atomic mass is 9.83. The fourth-order valence-electron chi connectivity index (χ4n) is 5.26. The highest BCUT2D eigenvalue weighted by molar-refractivity contribution is 5.94. The number of ether oxygens (including phenoxy) is 1. The quantitative estimate of drug-likeness (QED) is 0.725. The van der Waals surface area contributed by atoms with Crippen LogP contribution in [0, 0.1) is 5.92 Å². The number of fused-ring (bicyclic) bond motifs is 1. The van der Waals surface area contributed by atoms with Crippen LogP contribution in [-0.2, 0) is 22.4 Å². The number of nitrogens with one attached hydrogen (secondary N) is 1. The molecule has 2 fully saturated rings. The Morgan fingerprint density at radius 1 is 1.10 bits per heavy atom. The molecule has 1 aromatic rings. The molecule has 4 rings (SSSR count). The monoisotopic (exact) mass is 413 g/mol. The molecule has 6 heteroatoms. The molecule has 164 valence electrons. The molecule has 1 saturated carbocycles. The Bertz CT molecular complexity index is 758. The lowest BCUT2D eigenvalue weighted by Gasteiger charge is -2.34. The van der Waals surface area contributed by atoms with Gasteiger partial charge in [0, 0.05) is 31.2 Å². The molecule has 1 aromatic carbocycles. The maximum absolute atomic E-state index is 13.2. The van der Waals surface area contributed by atoms with Gasteiger partial charge < -0.3 is 15.0 Å². The van der Waals surface area contributed by atoms with E-state index in [1.54, 1.807) is 0 Å². The van der Waals surface area contributed by atoms with E-state index in [4.69, 9.17) is 4.74 Å². The van der Waals surface area contributed by atoms with Crippen LogP contribution in [0.4, 0.5) is 10.5 Å². The summed E-state index contributed by atoms with van der Waals surface area (Å²) >= 11 is 0. The Labute approximate surface area is 179 Å². The minimum Gasteiger partial charge on any atom is -0.466 e. The molecule has 3 aliphatic rings. The lowest BCUT2D eigenvalue weighted by Crippen LogP contribution is -2.41. The fourth-order valence-corrected chi connectivity index (χ4v) is 5.26. The van der Waals surface area contributed by atoms with Gasteiger partial charge >= 0.3 is 12.0 Å². The number of anilines is 1. The first-order valence-corrected chi connectivity index (χ1v) is 11.7. The zero-order valence-electron chi connectivity index (χ0n) is 18.2. The molecule has 1 saturated heterocycles. The number of hydrogen-bond acceptors (Lipinski definition) is 4. The number of nitrogens with zero attached hydrogens (tertiary/aromatic N) is 2. The zero-order chi connectivity index (χ0) is 20.9. The molecule has 0 atom stereocenters. The van der Waals surface area contributed by atoms with Gasteiger partial charge in [-0.1, -0.05) is 6.07 Å². The second-order valence-corrected chi connectivity index (χ2v) is 8.85. The molecule has 2 amide bonds. The first-order chi connectivity index (χ1) is 14.7. The van der Waals surface area contributed by atoms with Crippen LogP contribution < -0.4 is 10.2 Å². The molecule has 1 N–H and O–H groups in total. The number of hydrogen-bond donors (Lipinski definition) is 1. The van der Waals surface area contributed by atoms with Gasteiger partial charge in [-0.25, -0.2) is 4.79 Å². The summed E-state index contributed by atoms with van der Waals surface area (Å²) in [5, 5.41) is 3.45. The number of amides is 2. The maximum atomic E-state index is 13.2. The van der Waals surface area contributed by atoms with Crippen LogP contribution in [0.15, 0.2) is 18.2 Å². The summed E-state index contributed by atoms with van der Waals surface area (Å²) in [6, 6.07) is 7.07. The molecule has 30 heavy (non-hydrogen) atoms. The van der Waals surface area contributed by atoms with Crippen molar-refractivity contribution in [3.8, 4) is 0 Å². The highest BCUT2D eigenvalue weighted by Gasteiger charge is 2.36. The van der Waals surface area contributed by atoms with E-state index in [2.05, 4.69) is 28.4 Å². The standard InChI is InChI=1S/C24H35N3O3/c1-2-30-23(28)10-5-18-3-7-21(8-4-18)26-15-16-27(24(26)29)22-9-6-19-11-13-25-14-12-20(19)17-22/h6,9,17-18,21,25H,2-5,7-8,10-16H2,1H3. The van der Waals surface area contributed by atoms with Crippen molar-refractivity contribution >= 4 is 17.7 Å². The Kier molecular flexibility index (Phi) is 6.93. The van der Waals surface area contributed by atoms with Crippen molar-refractivity contribution in [2.24, 2.45) is 5.92 Å². The highest BCUT2D eigenvalue weighted by Crippen LogP contribution is 2.33. The molecule has 0 radical (unpaired) electrons. The Hall–Kier alpha value is -2.08. The molecular weight excluding hydrogens is 378 g/mol. The van der Waals surface area contributed by atoms with Crippen molar-refractivity contribution in [2.75, 3.05) is 37.7 Å². The molecule has 2 aliphatic heterocycles. The Morgan fingerprint density at radius 3 is 2.63 bits per heavy atom. The van der Waals surface area contributed by atoms with E-state index in [9.17, 15) is 9.59 Å². The minimum absolute atomic E-state index is 0.0819. The van der Waals surface area contributed by atoms with Gasteiger partial charge in [0.05, 0.1) is 6.61 Å². The zero-order valence-corrected chi connectivity index (χ0v) is 18.2. The van der Waals surface area contributed by atoms with E-state index < -0.39 is 0 Å². The van der Waals surface area contributed by atoms with Gasteiger partial charge in [-0.05, 0) is 94.1 Å². The summed E-state index contributed by atoms with van der Waals surface area (Å²) in [5.74, 6) is 0.499. The van der Waals surface area contributed by atoms with Crippen LogP contribution in [0.1, 0.15) is 56.6 Å².